The van der Waals surface area contributed by atoms with Gasteiger partial charge in [0.25, 0.3) is 0 Å². The fourth-order valence-electron chi connectivity index (χ4n) is 2.99. The molecule has 1 unspecified atom stereocenters. The number of ether oxygens (including phenoxy) is 1. The van der Waals surface area contributed by atoms with E-state index in [4.69, 9.17) is 4.74 Å². The number of hydrogen-bond donors (Lipinski definition) is 1. The minimum Gasteiger partial charge on any atom is -0.383 e. The summed E-state index contributed by atoms with van der Waals surface area (Å²) in [7, 11) is 1.79. The van der Waals surface area contributed by atoms with Gasteiger partial charge in [0.15, 0.2) is 0 Å². The number of methoxy groups -OCH3 is 1. The Morgan fingerprint density at radius 2 is 1.90 bits per heavy atom. The molecule has 0 bridgehead atoms. The third-order valence-corrected chi connectivity index (χ3v) is 4.36. The van der Waals surface area contributed by atoms with Crippen LogP contribution >= 0.6 is 12.4 Å². The molecule has 1 aliphatic heterocycles. The Morgan fingerprint density at radius 1 is 1.24 bits per heavy atom. The van der Waals surface area contributed by atoms with Crippen molar-refractivity contribution in [3.63, 3.8) is 0 Å². The lowest BCUT2D eigenvalue weighted by molar-refractivity contribution is 0.105. The Labute approximate surface area is 135 Å². The molecule has 1 N–H and O–H groups in total. The van der Waals surface area contributed by atoms with E-state index in [-0.39, 0.29) is 12.4 Å². The van der Waals surface area contributed by atoms with E-state index in [1.807, 2.05) is 0 Å². The third kappa shape index (κ3) is 5.95. The van der Waals surface area contributed by atoms with Crippen LogP contribution in [0.2, 0.25) is 0 Å². The maximum Gasteiger partial charge on any atom is 0.0589 e. The predicted molar refractivity (Wildman–Crippen MR) is 91.1 cm³/mol. The standard InChI is InChI=1S/C17H28N2O.ClH/c1-15(17-6-4-3-5-7-17)19(12-13-20-2)14-16-8-10-18-11-9-16;/h3-7,15-16,18H,8-14H2,1-2H3;1H. The third-order valence-electron chi connectivity index (χ3n) is 4.36. The Hall–Kier alpha value is -0.610. The molecule has 0 amide bonds. The van der Waals surface area contributed by atoms with Gasteiger partial charge in [0.05, 0.1) is 6.61 Å². The fraction of sp³-hybridized carbons (Fsp3) is 0.647. The zero-order valence-electron chi connectivity index (χ0n) is 13.3. The lowest BCUT2D eigenvalue weighted by atomic mass is 9.96. The maximum atomic E-state index is 5.29. The normalized spacial score (nSPS) is 17.5. The van der Waals surface area contributed by atoms with Crippen molar-refractivity contribution < 1.29 is 4.74 Å². The zero-order valence-corrected chi connectivity index (χ0v) is 14.1. The highest BCUT2D eigenvalue weighted by Crippen LogP contribution is 2.23. The molecule has 21 heavy (non-hydrogen) atoms. The van der Waals surface area contributed by atoms with E-state index >= 15 is 0 Å². The van der Waals surface area contributed by atoms with Crippen molar-refractivity contribution in [1.82, 2.24) is 10.2 Å². The number of nitrogens with zero attached hydrogens (tertiary/aromatic N) is 1. The van der Waals surface area contributed by atoms with Crippen LogP contribution in [-0.4, -0.2) is 44.8 Å². The largest absolute Gasteiger partial charge is 0.383 e. The summed E-state index contributed by atoms with van der Waals surface area (Å²) >= 11 is 0. The van der Waals surface area contributed by atoms with E-state index < -0.39 is 0 Å². The molecule has 0 radical (unpaired) electrons. The molecule has 0 saturated carbocycles. The van der Waals surface area contributed by atoms with Crippen LogP contribution in [0.1, 0.15) is 31.4 Å². The van der Waals surface area contributed by atoms with E-state index in [1.165, 1.54) is 38.0 Å². The van der Waals surface area contributed by atoms with Crippen molar-refractivity contribution in [2.45, 2.75) is 25.8 Å². The second-order valence-corrected chi connectivity index (χ2v) is 5.77. The second kappa shape index (κ2) is 10.2. The number of nitrogens with one attached hydrogen (secondary N) is 1. The molecule has 1 aliphatic rings. The summed E-state index contributed by atoms with van der Waals surface area (Å²) in [5, 5.41) is 3.45. The molecule has 1 fully saturated rings. The predicted octanol–water partition coefficient (Wildman–Crippen LogP) is 3.12. The molecule has 0 aliphatic carbocycles. The van der Waals surface area contributed by atoms with Crippen molar-refractivity contribution in [1.29, 1.82) is 0 Å². The van der Waals surface area contributed by atoms with Gasteiger partial charge >= 0.3 is 0 Å². The van der Waals surface area contributed by atoms with Gasteiger partial charge in [-0.1, -0.05) is 30.3 Å². The summed E-state index contributed by atoms with van der Waals surface area (Å²) in [6.07, 6.45) is 2.59. The molecule has 2 rings (SSSR count). The molecular formula is C17H29ClN2O. The Bertz CT molecular complexity index is 368. The van der Waals surface area contributed by atoms with Crippen molar-refractivity contribution in [3.8, 4) is 0 Å². The highest BCUT2D eigenvalue weighted by atomic mass is 35.5. The number of rotatable bonds is 7. The van der Waals surface area contributed by atoms with Gasteiger partial charge in [-0.3, -0.25) is 4.90 Å². The first-order valence-electron chi connectivity index (χ1n) is 7.80. The van der Waals surface area contributed by atoms with Crippen LogP contribution in [0.5, 0.6) is 0 Å². The summed E-state index contributed by atoms with van der Waals surface area (Å²) < 4.78 is 5.29. The quantitative estimate of drug-likeness (QED) is 0.837. The van der Waals surface area contributed by atoms with Crippen molar-refractivity contribution >= 4 is 12.4 Å². The van der Waals surface area contributed by atoms with Crippen molar-refractivity contribution in [2.75, 3.05) is 39.9 Å². The smallest absolute Gasteiger partial charge is 0.0589 e. The molecule has 1 atom stereocenters. The number of piperidine rings is 1. The lowest BCUT2D eigenvalue weighted by Gasteiger charge is -2.34. The lowest BCUT2D eigenvalue weighted by Crippen LogP contribution is -2.38. The molecule has 1 heterocycles. The molecule has 1 aromatic carbocycles. The van der Waals surface area contributed by atoms with Crippen LogP contribution in [0.4, 0.5) is 0 Å². The van der Waals surface area contributed by atoms with Crippen molar-refractivity contribution in [2.24, 2.45) is 5.92 Å². The number of benzene rings is 1. The Balaban J connectivity index is 0.00000220. The van der Waals surface area contributed by atoms with Gasteiger partial charge in [0.1, 0.15) is 0 Å². The first-order chi connectivity index (χ1) is 9.81. The van der Waals surface area contributed by atoms with E-state index in [0.717, 1.165) is 19.1 Å². The highest BCUT2D eigenvalue weighted by Gasteiger charge is 2.21. The average molecular weight is 313 g/mol. The van der Waals surface area contributed by atoms with E-state index in [2.05, 4.69) is 47.5 Å². The summed E-state index contributed by atoms with van der Waals surface area (Å²) in [5.41, 5.74) is 1.40. The number of hydrogen-bond acceptors (Lipinski definition) is 3. The van der Waals surface area contributed by atoms with Crippen LogP contribution < -0.4 is 5.32 Å². The monoisotopic (exact) mass is 312 g/mol. The molecule has 1 saturated heterocycles. The topological polar surface area (TPSA) is 24.5 Å². The molecule has 4 heteroatoms. The summed E-state index contributed by atoms with van der Waals surface area (Å²) in [6, 6.07) is 11.3. The average Bonchev–Trinajstić information content (AvgIpc) is 2.52. The summed E-state index contributed by atoms with van der Waals surface area (Å²) in [5.74, 6) is 0.819. The second-order valence-electron chi connectivity index (χ2n) is 5.77. The van der Waals surface area contributed by atoms with E-state index in [1.54, 1.807) is 7.11 Å². The molecule has 1 aromatic rings. The maximum absolute atomic E-state index is 5.29. The van der Waals surface area contributed by atoms with Crippen LogP contribution in [0.25, 0.3) is 0 Å². The fourth-order valence-corrected chi connectivity index (χ4v) is 2.99. The molecule has 3 nitrogen and oxygen atoms in total. The first-order valence-corrected chi connectivity index (χ1v) is 7.80. The van der Waals surface area contributed by atoms with Gasteiger partial charge in [-0.25, -0.2) is 0 Å². The van der Waals surface area contributed by atoms with Crippen LogP contribution in [0.15, 0.2) is 30.3 Å². The van der Waals surface area contributed by atoms with Gasteiger partial charge in [-0.2, -0.15) is 0 Å². The molecular weight excluding hydrogens is 284 g/mol. The van der Waals surface area contributed by atoms with Crippen LogP contribution in [-0.2, 0) is 4.74 Å². The minimum atomic E-state index is 0. The van der Waals surface area contributed by atoms with E-state index in [9.17, 15) is 0 Å². The highest BCUT2D eigenvalue weighted by molar-refractivity contribution is 5.85. The summed E-state index contributed by atoms with van der Waals surface area (Å²) in [6.45, 7) is 7.65. The summed E-state index contributed by atoms with van der Waals surface area (Å²) in [4.78, 5) is 2.58. The molecule has 0 aromatic heterocycles. The van der Waals surface area contributed by atoms with E-state index in [0.29, 0.717) is 6.04 Å². The zero-order chi connectivity index (χ0) is 14.2. The molecule has 120 valence electrons. The van der Waals surface area contributed by atoms with Crippen LogP contribution in [0.3, 0.4) is 0 Å². The van der Waals surface area contributed by atoms with Crippen LogP contribution in [0, 0.1) is 5.92 Å². The van der Waals surface area contributed by atoms with Gasteiger partial charge in [0.2, 0.25) is 0 Å². The first kappa shape index (κ1) is 18.4. The SMILES string of the molecule is COCCN(CC1CCNCC1)C(C)c1ccccc1.Cl. The Kier molecular flexibility index (Phi) is 8.93. The van der Waals surface area contributed by atoms with Gasteiger partial charge in [0, 0.05) is 26.2 Å². The Morgan fingerprint density at radius 3 is 2.52 bits per heavy atom. The molecule has 0 spiro atoms. The minimum absolute atomic E-state index is 0. The van der Waals surface area contributed by atoms with Gasteiger partial charge in [-0.05, 0) is 44.3 Å². The number of halogens is 1. The van der Waals surface area contributed by atoms with Gasteiger partial charge in [-0.15, -0.1) is 12.4 Å². The van der Waals surface area contributed by atoms with Gasteiger partial charge < -0.3 is 10.1 Å². The van der Waals surface area contributed by atoms with Crippen molar-refractivity contribution in [3.05, 3.63) is 35.9 Å².